The Kier molecular flexibility index (Phi) is 2.52. The van der Waals surface area contributed by atoms with Crippen LogP contribution >= 0.6 is 11.3 Å². The van der Waals surface area contributed by atoms with Gasteiger partial charge >= 0.3 is 0 Å². The molecule has 2 aromatic carbocycles. The smallest absolute Gasteiger partial charge is 0.0813 e. The lowest BCUT2D eigenvalue weighted by molar-refractivity contribution is 0.636. The molecule has 0 spiro atoms. The fourth-order valence-electron chi connectivity index (χ4n) is 2.75. The van der Waals surface area contributed by atoms with E-state index in [-0.39, 0.29) is 0 Å². The number of aromatic nitrogens is 1. The minimum atomic E-state index is 0.661. The maximum Gasteiger partial charge on any atom is 0.0813 e. The first-order chi connectivity index (χ1) is 9.40. The topological polar surface area (TPSA) is 24.9 Å². The highest BCUT2D eigenvalue weighted by atomic mass is 32.1. The van der Waals surface area contributed by atoms with Gasteiger partial charge in [0.05, 0.1) is 15.7 Å². The summed E-state index contributed by atoms with van der Waals surface area (Å²) in [5.74, 6) is 0.661. The quantitative estimate of drug-likeness (QED) is 0.773. The molecule has 0 fully saturated rings. The lowest BCUT2D eigenvalue weighted by atomic mass is 9.77. The molecule has 19 heavy (non-hydrogen) atoms. The molecule has 1 unspecified atom stereocenters. The minimum Gasteiger partial charge on any atom is -0.384 e. The van der Waals surface area contributed by atoms with Crippen molar-refractivity contribution < 1.29 is 0 Å². The summed E-state index contributed by atoms with van der Waals surface area (Å²) in [7, 11) is 0. The van der Waals surface area contributed by atoms with Crippen LogP contribution in [0, 0.1) is 0 Å². The molecule has 3 heteroatoms. The SMILES string of the molecule is c1ccc2c(c1)CC2CNc1ccc2ncsc2c1. The summed E-state index contributed by atoms with van der Waals surface area (Å²) < 4.78 is 1.25. The zero-order chi connectivity index (χ0) is 12.7. The van der Waals surface area contributed by atoms with Crippen molar-refractivity contribution in [3.63, 3.8) is 0 Å². The van der Waals surface area contributed by atoms with Crippen molar-refractivity contribution in [3.05, 3.63) is 59.1 Å². The normalized spacial score (nSPS) is 16.9. The number of rotatable bonds is 3. The lowest BCUT2D eigenvalue weighted by Crippen LogP contribution is -2.24. The van der Waals surface area contributed by atoms with Crippen LogP contribution in [0.5, 0.6) is 0 Å². The summed E-state index contributed by atoms with van der Waals surface area (Å²) in [5.41, 5.74) is 7.20. The monoisotopic (exact) mass is 266 g/mol. The van der Waals surface area contributed by atoms with Gasteiger partial charge in [-0.3, -0.25) is 0 Å². The Labute approximate surface area is 116 Å². The Bertz CT molecular complexity index is 732. The van der Waals surface area contributed by atoms with Gasteiger partial charge in [-0.2, -0.15) is 0 Å². The second-order valence-electron chi connectivity index (χ2n) is 5.02. The summed E-state index contributed by atoms with van der Waals surface area (Å²) in [5, 5.41) is 3.55. The van der Waals surface area contributed by atoms with Crippen LogP contribution in [0.25, 0.3) is 10.2 Å². The number of hydrogen-bond acceptors (Lipinski definition) is 3. The highest BCUT2D eigenvalue weighted by Crippen LogP contribution is 2.35. The predicted molar refractivity (Wildman–Crippen MR) is 81.0 cm³/mol. The lowest BCUT2D eigenvalue weighted by Gasteiger charge is -2.30. The molecular formula is C16H14N2S. The van der Waals surface area contributed by atoms with Gasteiger partial charge in [-0.15, -0.1) is 11.3 Å². The van der Waals surface area contributed by atoms with Crippen molar-refractivity contribution in [2.24, 2.45) is 0 Å². The van der Waals surface area contributed by atoms with E-state index in [1.165, 1.54) is 27.9 Å². The first kappa shape index (κ1) is 11.0. The maximum absolute atomic E-state index is 4.30. The molecule has 4 rings (SSSR count). The van der Waals surface area contributed by atoms with Gasteiger partial charge in [0.1, 0.15) is 0 Å². The number of anilines is 1. The molecule has 0 saturated carbocycles. The molecule has 1 aliphatic rings. The summed E-state index contributed by atoms with van der Waals surface area (Å²) in [6, 6.07) is 15.1. The standard InChI is InChI=1S/C16H14N2S/c1-2-4-14-11(3-1)7-12(14)9-17-13-5-6-15-16(8-13)19-10-18-15/h1-6,8,10,12,17H,7,9H2. The molecule has 2 nitrogen and oxygen atoms in total. The molecule has 94 valence electrons. The van der Waals surface area contributed by atoms with Crippen LogP contribution in [-0.4, -0.2) is 11.5 Å². The molecular weight excluding hydrogens is 252 g/mol. The van der Waals surface area contributed by atoms with Crippen molar-refractivity contribution in [1.82, 2.24) is 4.98 Å². The minimum absolute atomic E-state index is 0.661. The summed E-state index contributed by atoms with van der Waals surface area (Å²) in [6.07, 6.45) is 1.20. The molecule has 1 heterocycles. The zero-order valence-corrected chi connectivity index (χ0v) is 11.3. The molecule has 1 aliphatic carbocycles. The average molecular weight is 266 g/mol. The first-order valence-electron chi connectivity index (χ1n) is 6.55. The molecule has 3 aromatic rings. The van der Waals surface area contributed by atoms with E-state index < -0.39 is 0 Å². The van der Waals surface area contributed by atoms with Crippen LogP contribution in [0.4, 0.5) is 5.69 Å². The first-order valence-corrected chi connectivity index (χ1v) is 7.43. The van der Waals surface area contributed by atoms with Gasteiger partial charge in [0.2, 0.25) is 0 Å². The van der Waals surface area contributed by atoms with Gasteiger partial charge in [-0.25, -0.2) is 4.98 Å². The molecule has 0 amide bonds. The zero-order valence-electron chi connectivity index (χ0n) is 10.5. The Balaban J connectivity index is 1.48. The van der Waals surface area contributed by atoms with Crippen molar-refractivity contribution in [1.29, 1.82) is 0 Å². The van der Waals surface area contributed by atoms with Crippen LogP contribution < -0.4 is 5.32 Å². The highest BCUT2D eigenvalue weighted by molar-refractivity contribution is 7.16. The van der Waals surface area contributed by atoms with Crippen molar-refractivity contribution in [2.45, 2.75) is 12.3 Å². The van der Waals surface area contributed by atoms with Gasteiger partial charge in [0.25, 0.3) is 0 Å². The third-order valence-corrected chi connectivity index (χ3v) is 4.64. The largest absolute Gasteiger partial charge is 0.384 e. The Morgan fingerprint density at radius 2 is 2.16 bits per heavy atom. The van der Waals surface area contributed by atoms with Crippen LogP contribution in [0.2, 0.25) is 0 Å². The van der Waals surface area contributed by atoms with Crippen LogP contribution in [0.15, 0.2) is 48.0 Å². The van der Waals surface area contributed by atoms with E-state index in [4.69, 9.17) is 0 Å². The number of nitrogens with zero attached hydrogens (tertiary/aromatic N) is 1. The van der Waals surface area contributed by atoms with Crippen LogP contribution in [0.1, 0.15) is 17.0 Å². The second kappa shape index (κ2) is 4.35. The van der Waals surface area contributed by atoms with Crippen LogP contribution in [-0.2, 0) is 6.42 Å². The maximum atomic E-state index is 4.30. The number of thiazole rings is 1. The number of fused-ring (bicyclic) bond motifs is 2. The van der Waals surface area contributed by atoms with E-state index >= 15 is 0 Å². The molecule has 0 aliphatic heterocycles. The Morgan fingerprint density at radius 1 is 1.21 bits per heavy atom. The van der Waals surface area contributed by atoms with Gasteiger partial charge in [0.15, 0.2) is 0 Å². The number of benzene rings is 2. The van der Waals surface area contributed by atoms with E-state index in [2.05, 4.69) is 52.8 Å². The Hall–Kier alpha value is -1.87. The third-order valence-electron chi connectivity index (χ3n) is 3.85. The average Bonchev–Trinajstić information content (AvgIpc) is 2.87. The molecule has 1 N–H and O–H groups in total. The molecule has 0 bridgehead atoms. The van der Waals surface area contributed by atoms with E-state index in [1.807, 2.05) is 5.51 Å². The summed E-state index contributed by atoms with van der Waals surface area (Å²) in [4.78, 5) is 4.30. The van der Waals surface area contributed by atoms with E-state index in [0.717, 1.165) is 12.1 Å². The molecule has 1 aromatic heterocycles. The molecule has 0 radical (unpaired) electrons. The van der Waals surface area contributed by atoms with Crippen molar-refractivity contribution in [3.8, 4) is 0 Å². The fraction of sp³-hybridized carbons (Fsp3) is 0.188. The second-order valence-corrected chi connectivity index (χ2v) is 5.90. The van der Waals surface area contributed by atoms with Crippen molar-refractivity contribution >= 4 is 27.2 Å². The Morgan fingerprint density at radius 3 is 3.11 bits per heavy atom. The van der Waals surface area contributed by atoms with E-state index in [0.29, 0.717) is 5.92 Å². The van der Waals surface area contributed by atoms with E-state index in [1.54, 1.807) is 11.3 Å². The predicted octanol–water partition coefficient (Wildman–Crippen LogP) is 4.05. The molecule has 0 saturated heterocycles. The fourth-order valence-corrected chi connectivity index (χ4v) is 3.47. The summed E-state index contributed by atoms with van der Waals surface area (Å²) >= 11 is 1.69. The highest BCUT2D eigenvalue weighted by Gasteiger charge is 2.24. The van der Waals surface area contributed by atoms with E-state index in [9.17, 15) is 0 Å². The third kappa shape index (κ3) is 1.90. The van der Waals surface area contributed by atoms with Gasteiger partial charge in [-0.1, -0.05) is 24.3 Å². The molecule has 1 atom stereocenters. The summed E-state index contributed by atoms with van der Waals surface area (Å²) in [6.45, 7) is 1.02. The number of nitrogens with one attached hydrogen (secondary N) is 1. The van der Waals surface area contributed by atoms with Gasteiger partial charge in [0, 0.05) is 18.2 Å². The van der Waals surface area contributed by atoms with Crippen LogP contribution in [0.3, 0.4) is 0 Å². The number of hydrogen-bond donors (Lipinski definition) is 1. The van der Waals surface area contributed by atoms with Crippen molar-refractivity contribution in [2.75, 3.05) is 11.9 Å². The van der Waals surface area contributed by atoms with Gasteiger partial charge in [-0.05, 0) is 35.7 Å². The van der Waals surface area contributed by atoms with Gasteiger partial charge < -0.3 is 5.32 Å².